The van der Waals surface area contributed by atoms with Crippen LogP contribution in [0.2, 0.25) is 0 Å². The summed E-state index contributed by atoms with van der Waals surface area (Å²) in [4.78, 5) is 29.1. The van der Waals surface area contributed by atoms with Crippen LogP contribution in [0.25, 0.3) is 11.0 Å². The molecule has 0 unspecified atom stereocenters. The highest BCUT2D eigenvalue weighted by molar-refractivity contribution is 9.10. The molecule has 1 aliphatic rings. The van der Waals surface area contributed by atoms with Crippen molar-refractivity contribution in [3.05, 3.63) is 68.7 Å². The summed E-state index contributed by atoms with van der Waals surface area (Å²) in [5.41, 5.74) is 0.510. The zero-order valence-electron chi connectivity index (χ0n) is 15.7. The van der Waals surface area contributed by atoms with E-state index in [0.717, 1.165) is 10.2 Å². The Morgan fingerprint density at radius 2 is 1.79 bits per heavy atom. The van der Waals surface area contributed by atoms with Gasteiger partial charge in [0.05, 0.1) is 7.11 Å². The minimum Gasteiger partial charge on any atom is -0.493 e. The standard InChI is InChI=1S/C21H18BrFN2O4/c1-28-18-12-14(22)10-13-11-17(21(27)29-19(13)18)20(26)25-8-6-24(7-9-25)16-4-2-15(23)3-5-16/h2-5,10-12H,6-9H2,1H3. The molecule has 150 valence electrons. The Hall–Kier alpha value is -2.87. The van der Waals surface area contributed by atoms with Crippen LogP contribution in [-0.2, 0) is 0 Å². The smallest absolute Gasteiger partial charge is 0.349 e. The number of carbonyl (C=O) groups excluding carboxylic acids is 1. The Balaban J connectivity index is 1.56. The first-order valence-electron chi connectivity index (χ1n) is 9.07. The summed E-state index contributed by atoms with van der Waals surface area (Å²) in [6.07, 6.45) is 0. The number of rotatable bonds is 3. The molecule has 1 aromatic heterocycles. The first kappa shape index (κ1) is 19.4. The number of fused-ring (bicyclic) bond motifs is 1. The second-order valence-corrected chi connectivity index (χ2v) is 7.65. The fraction of sp³-hybridized carbons (Fsp3) is 0.238. The normalized spacial score (nSPS) is 14.3. The third kappa shape index (κ3) is 3.85. The molecule has 1 saturated heterocycles. The third-order valence-corrected chi connectivity index (χ3v) is 5.43. The molecule has 0 spiro atoms. The fourth-order valence-corrected chi connectivity index (χ4v) is 3.91. The van der Waals surface area contributed by atoms with Crippen molar-refractivity contribution in [3.63, 3.8) is 0 Å². The number of nitrogens with zero attached hydrogens (tertiary/aromatic N) is 2. The molecule has 6 nitrogen and oxygen atoms in total. The molecule has 0 aliphatic carbocycles. The zero-order chi connectivity index (χ0) is 20.5. The summed E-state index contributed by atoms with van der Waals surface area (Å²) < 4.78 is 24.5. The van der Waals surface area contributed by atoms with E-state index in [4.69, 9.17) is 9.15 Å². The van der Waals surface area contributed by atoms with Crippen LogP contribution in [0, 0.1) is 5.82 Å². The summed E-state index contributed by atoms with van der Waals surface area (Å²) in [7, 11) is 1.49. The van der Waals surface area contributed by atoms with E-state index in [1.54, 1.807) is 35.2 Å². The Labute approximate surface area is 174 Å². The van der Waals surface area contributed by atoms with E-state index in [-0.39, 0.29) is 17.3 Å². The van der Waals surface area contributed by atoms with Crippen molar-refractivity contribution < 1.29 is 18.3 Å². The minimum absolute atomic E-state index is 0.00659. The van der Waals surface area contributed by atoms with E-state index < -0.39 is 5.63 Å². The van der Waals surface area contributed by atoms with Gasteiger partial charge < -0.3 is 19.0 Å². The average Bonchev–Trinajstić information content (AvgIpc) is 2.73. The number of piperazine rings is 1. The molecule has 8 heteroatoms. The molecule has 4 rings (SSSR count). The molecule has 1 fully saturated rings. The van der Waals surface area contributed by atoms with Crippen LogP contribution in [0.5, 0.6) is 5.75 Å². The van der Waals surface area contributed by atoms with Crippen LogP contribution < -0.4 is 15.3 Å². The fourth-order valence-electron chi connectivity index (χ4n) is 3.46. The van der Waals surface area contributed by atoms with Crippen LogP contribution in [0.3, 0.4) is 0 Å². The molecule has 29 heavy (non-hydrogen) atoms. The van der Waals surface area contributed by atoms with Crippen molar-refractivity contribution in [1.82, 2.24) is 4.90 Å². The molecule has 0 N–H and O–H groups in total. The van der Waals surface area contributed by atoms with Gasteiger partial charge in [0, 0.05) is 41.7 Å². The number of methoxy groups -OCH3 is 1. The van der Waals surface area contributed by atoms with Crippen LogP contribution in [0.1, 0.15) is 10.4 Å². The molecule has 2 aromatic carbocycles. The summed E-state index contributed by atoms with van der Waals surface area (Å²) in [5.74, 6) is -0.231. The highest BCUT2D eigenvalue weighted by Gasteiger charge is 2.25. The molecule has 0 radical (unpaired) electrons. The topological polar surface area (TPSA) is 63.0 Å². The lowest BCUT2D eigenvalue weighted by atomic mass is 10.1. The third-order valence-electron chi connectivity index (χ3n) is 4.97. The van der Waals surface area contributed by atoms with E-state index in [1.807, 2.05) is 0 Å². The van der Waals surface area contributed by atoms with Crippen LogP contribution >= 0.6 is 15.9 Å². The lowest BCUT2D eigenvalue weighted by molar-refractivity contribution is 0.0742. The lowest BCUT2D eigenvalue weighted by Crippen LogP contribution is -2.49. The van der Waals surface area contributed by atoms with E-state index in [0.29, 0.717) is 42.9 Å². The van der Waals surface area contributed by atoms with Crippen LogP contribution in [0.4, 0.5) is 10.1 Å². The van der Waals surface area contributed by atoms with Gasteiger partial charge in [-0.05, 0) is 42.5 Å². The summed E-state index contributed by atoms with van der Waals surface area (Å²) in [6, 6.07) is 11.3. The maximum atomic E-state index is 13.1. The number of carbonyl (C=O) groups is 1. The van der Waals surface area contributed by atoms with E-state index in [2.05, 4.69) is 20.8 Å². The van der Waals surface area contributed by atoms with Gasteiger partial charge >= 0.3 is 5.63 Å². The molecule has 0 saturated carbocycles. The maximum Gasteiger partial charge on any atom is 0.349 e. The van der Waals surface area contributed by atoms with Crippen molar-refractivity contribution in [2.45, 2.75) is 0 Å². The van der Waals surface area contributed by atoms with Crippen molar-refractivity contribution in [1.29, 1.82) is 0 Å². The summed E-state index contributed by atoms with van der Waals surface area (Å²) in [5, 5.41) is 0.601. The Morgan fingerprint density at radius 1 is 1.10 bits per heavy atom. The van der Waals surface area contributed by atoms with Gasteiger partial charge in [-0.25, -0.2) is 9.18 Å². The largest absolute Gasteiger partial charge is 0.493 e. The zero-order valence-corrected chi connectivity index (χ0v) is 17.2. The average molecular weight is 461 g/mol. The number of hydrogen-bond acceptors (Lipinski definition) is 5. The van der Waals surface area contributed by atoms with Crippen LogP contribution in [-0.4, -0.2) is 44.1 Å². The van der Waals surface area contributed by atoms with Crippen molar-refractivity contribution in [2.75, 3.05) is 38.2 Å². The van der Waals surface area contributed by atoms with Gasteiger partial charge in [0.15, 0.2) is 11.3 Å². The predicted molar refractivity (Wildman–Crippen MR) is 111 cm³/mol. The predicted octanol–water partition coefficient (Wildman–Crippen LogP) is 3.67. The SMILES string of the molecule is COc1cc(Br)cc2cc(C(=O)N3CCN(c4ccc(F)cc4)CC3)c(=O)oc12. The monoisotopic (exact) mass is 460 g/mol. The van der Waals surface area contributed by atoms with E-state index >= 15 is 0 Å². The lowest BCUT2D eigenvalue weighted by Gasteiger charge is -2.36. The Morgan fingerprint density at radius 3 is 2.45 bits per heavy atom. The summed E-state index contributed by atoms with van der Waals surface area (Å²) >= 11 is 3.39. The van der Waals surface area contributed by atoms with Gasteiger partial charge in [-0.15, -0.1) is 0 Å². The number of anilines is 1. The van der Waals surface area contributed by atoms with Crippen LogP contribution in [0.15, 0.2) is 56.1 Å². The summed E-state index contributed by atoms with van der Waals surface area (Å²) in [6.45, 7) is 2.09. The molecular formula is C21H18BrFN2O4. The van der Waals surface area contributed by atoms with Crippen molar-refractivity contribution >= 4 is 38.5 Å². The molecule has 1 aliphatic heterocycles. The Kier molecular flexibility index (Phi) is 5.27. The molecule has 1 amide bonds. The van der Waals surface area contributed by atoms with Gasteiger partial charge in [0.1, 0.15) is 11.4 Å². The first-order valence-corrected chi connectivity index (χ1v) is 9.87. The number of benzene rings is 2. The van der Waals surface area contributed by atoms with Gasteiger partial charge in [0.25, 0.3) is 5.91 Å². The van der Waals surface area contributed by atoms with Gasteiger partial charge in [-0.1, -0.05) is 15.9 Å². The van der Waals surface area contributed by atoms with Crippen molar-refractivity contribution in [2.24, 2.45) is 0 Å². The molecule has 2 heterocycles. The molecule has 0 bridgehead atoms. The Bertz CT molecular complexity index is 1120. The van der Waals surface area contributed by atoms with E-state index in [1.165, 1.54) is 19.2 Å². The van der Waals surface area contributed by atoms with Crippen molar-refractivity contribution in [3.8, 4) is 5.75 Å². The minimum atomic E-state index is -0.691. The number of halogens is 2. The first-order chi connectivity index (χ1) is 14.0. The second-order valence-electron chi connectivity index (χ2n) is 6.73. The number of hydrogen-bond donors (Lipinski definition) is 0. The maximum absolute atomic E-state index is 13.1. The quantitative estimate of drug-likeness (QED) is 0.558. The molecule has 3 aromatic rings. The highest BCUT2D eigenvalue weighted by Crippen LogP contribution is 2.29. The number of amides is 1. The second kappa shape index (κ2) is 7.87. The molecule has 0 atom stereocenters. The number of ether oxygens (including phenoxy) is 1. The highest BCUT2D eigenvalue weighted by atomic mass is 79.9. The van der Waals surface area contributed by atoms with Gasteiger partial charge in [-0.3, -0.25) is 4.79 Å². The van der Waals surface area contributed by atoms with Gasteiger partial charge in [-0.2, -0.15) is 0 Å². The molecular weight excluding hydrogens is 443 g/mol. The van der Waals surface area contributed by atoms with Gasteiger partial charge in [0.2, 0.25) is 0 Å². The van der Waals surface area contributed by atoms with E-state index in [9.17, 15) is 14.0 Å².